The number of nitrogens with two attached hydrogens (primary N) is 1. The van der Waals surface area contributed by atoms with Crippen molar-refractivity contribution in [3.8, 4) is 0 Å². The van der Waals surface area contributed by atoms with Gasteiger partial charge in [-0.1, -0.05) is 6.42 Å². The van der Waals surface area contributed by atoms with Gasteiger partial charge in [0.25, 0.3) is 6.43 Å². The Bertz CT molecular complexity index is 646. The van der Waals surface area contributed by atoms with E-state index in [-0.39, 0.29) is 17.5 Å². The van der Waals surface area contributed by atoms with Crippen LogP contribution < -0.4 is 5.73 Å². The molecule has 0 radical (unpaired) electrons. The molecule has 0 unspecified atom stereocenters. The molecule has 1 aliphatic carbocycles. The van der Waals surface area contributed by atoms with E-state index in [0.717, 1.165) is 43.5 Å². The van der Waals surface area contributed by atoms with E-state index in [1.807, 2.05) is 11.8 Å². The third kappa shape index (κ3) is 3.78. The van der Waals surface area contributed by atoms with Crippen molar-refractivity contribution in [3.63, 3.8) is 0 Å². The van der Waals surface area contributed by atoms with Gasteiger partial charge in [0.05, 0.1) is 0 Å². The van der Waals surface area contributed by atoms with Gasteiger partial charge in [-0.25, -0.2) is 8.78 Å². The summed E-state index contributed by atoms with van der Waals surface area (Å²) in [6.07, 6.45) is 0.679. The van der Waals surface area contributed by atoms with Gasteiger partial charge in [-0.3, -0.25) is 9.69 Å². The SMILES string of the molecule is Cc1c(N)cc(C(F)F)cc1CN1CCN(C(=O)C2CCC2)[C@@H](C)C1. The number of nitrogens with zero attached hydrogens (tertiary/aromatic N) is 2. The zero-order valence-electron chi connectivity index (χ0n) is 15.0. The molecule has 1 amide bonds. The molecule has 1 heterocycles. The molecule has 25 heavy (non-hydrogen) atoms. The van der Waals surface area contributed by atoms with Crippen molar-refractivity contribution >= 4 is 11.6 Å². The third-order valence-electron chi connectivity index (χ3n) is 5.67. The number of anilines is 1. The second-order valence-corrected chi connectivity index (χ2v) is 7.44. The van der Waals surface area contributed by atoms with E-state index < -0.39 is 6.43 Å². The van der Waals surface area contributed by atoms with E-state index >= 15 is 0 Å². The number of alkyl halides is 2. The van der Waals surface area contributed by atoms with Gasteiger partial charge in [-0.15, -0.1) is 0 Å². The zero-order valence-corrected chi connectivity index (χ0v) is 15.0. The average molecular weight is 351 g/mol. The highest BCUT2D eigenvalue weighted by molar-refractivity contribution is 5.80. The number of benzene rings is 1. The van der Waals surface area contributed by atoms with E-state index in [9.17, 15) is 13.6 Å². The average Bonchev–Trinajstić information content (AvgIpc) is 2.49. The Morgan fingerprint density at radius 3 is 2.60 bits per heavy atom. The largest absolute Gasteiger partial charge is 0.398 e. The molecule has 1 saturated carbocycles. The maximum atomic E-state index is 13.0. The molecule has 2 fully saturated rings. The molecule has 2 aliphatic rings. The van der Waals surface area contributed by atoms with Gasteiger partial charge >= 0.3 is 0 Å². The summed E-state index contributed by atoms with van der Waals surface area (Å²) >= 11 is 0. The molecule has 0 bridgehead atoms. The highest BCUT2D eigenvalue weighted by atomic mass is 19.3. The summed E-state index contributed by atoms with van der Waals surface area (Å²) < 4.78 is 26.1. The van der Waals surface area contributed by atoms with Crippen molar-refractivity contribution in [2.24, 2.45) is 5.92 Å². The normalized spacial score (nSPS) is 22.3. The molecule has 0 aromatic heterocycles. The maximum absolute atomic E-state index is 13.0. The van der Waals surface area contributed by atoms with Crippen LogP contribution in [0, 0.1) is 12.8 Å². The molecule has 1 saturated heterocycles. The highest BCUT2D eigenvalue weighted by Gasteiger charge is 2.34. The molecule has 1 atom stereocenters. The van der Waals surface area contributed by atoms with Crippen molar-refractivity contribution in [1.82, 2.24) is 9.80 Å². The number of hydrogen-bond acceptors (Lipinski definition) is 3. The lowest BCUT2D eigenvalue weighted by Gasteiger charge is -2.42. The van der Waals surface area contributed by atoms with Gasteiger partial charge in [0, 0.05) is 49.4 Å². The molecular weight excluding hydrogens is 324 g/mol. The van der Waals surface area contributed by atoms with Crippen molar-refractivity contribution in [2.75, 3.05) is 25.4 Å². The first-order chi connectivity index (χ1) is 11.9. The number of piperazine rings is 1. The molecule has 1 aromatic carbocycles. The number of hydrogen-bond donors (Lipinski definition) is 1. The van der Waals surface area contributed by atoms with Crippen molar-refractivity contribution < 1.29 is 13.6 Å². The molecule has 1 aliphatic heterocycles. The molecule has 4 nitrogen and oxygen atoms in total. The molecule has 6 heteroatoms. The number of rotatable bonds is 4. The summed E-state index contributed by atoms with van der Waals surface area (Å²) in [5.74, 6) is 0.511. The van der Waals surface area contributed by atoms with Crippen molar-refractivity contribution in [3.05, 3.63) is 28.8 Å². The van der Waals surface area contributed by atoms with Crippen LogP contribution in [0.25, 0.3) is 0 Å². The van der Waals surface area contributed by atoms with E-state index in [4.69, 9.17) is 5.73 Å². The lowest BCUT2D eigenvalue weighted by Crippen LogP contribution is -2.55. The van der Waals surface area contributed by atoms with E-state index in [0.29, 0.717) is 24.7 Å². The lowest BCUT2D eigenvalue weighted by atomic mass is 9.84. The van der Waals surface area contributed by atoms with Crippen LogP contribution in [0.2, 0.25) is 0 Å². The van der Waals surface area contributed by atoms with Gasteiger partial charge in [0.15, 0.2) is 0 Å². The molecule has 1 aromatic rings. The topological polar surface area (TPSA) is 49.6 Å². The fourth-order valence-electron chi connectivity index (χ4n) is 3.75. The second kappa shape index (κ2) is 7.28. The third-order valence-corrected chi connectivity index (χ3v) is 5.67. The molecular formula is C19H27F2N3O. The van der Waals surface area contributed by atoms with E-state index in [1.165, 1.54) is 6.07 Å². The zero-order chi connectivity index (χ0) is 18.1. The number of amides is 1. The second-order valence-electron chi connectivity index (χ2n) is 7.44. The first kappa shape index (κ1) is 18.1. The lowest BCUT2D eigenvalue weighted by molar-refractivity contribution is -0.142. The van der Waals surface area contributed by atoms with Crippen LogP contribution in [0.5, 0.6) is 0 Å². The predicted molar refractivity (Wildman–Crippen MR) is 94.3 cm³/mol. The number of carbonyl (C=O) groups is 1. The van der Waals surface area contributed by atoms with E-state index in [2.05, 4.69) is 11.8 Å². The fraction of sp³-hybridized carbons (Fsp3) is 0.632. The quantitative estimate of drug-likeness (QED) is 0.847. The summed E-state index contributed by atoms with van der Waals surface area (Å²) in [4.78, 5) is 16.7. The summed E-state index contributed by atoms with van der Waals surface area (Å²) in [6, 6.07) is 3.08. The summed E-state index contributed by atoms with van der Waals surface area (Å²) in [5.41, 5.74) is 8.01. The Morgan fingerprint density at radius 1 is 1.32 bits per heavy atom. The fourth-order valence-corrected chi connectivity index (χ4v) is 3.75. The maximum Gasteiger partial charge on any atom is 0.263 e. The van der Waals surface area contributed by atoms with Gasteiger partial charge < -0.3 is 10.6 Å². The monoisotopic (exact) mass is 351 g/mol. The van der Waals surface area contributed by atoms with Crippen LogP contribution in [-0.4, -0.2) is 41.4 Å². The molecule has 3 rings (SSSR count). The van der Waals surface area contributed by atoms with Gasteiger partial charge in [-0.2, -0.15) is 0 Å². The Kier molecular flexibility index (Phi) is 5.27. The molecule has 0 spiro atoms. The van der Waals surface area contributed by atoms with E-state index in [1.54, 1.807) is 6.07 Å². The van der Waals surface area contributed by atoms with Gasteiger partial charge in [0.1, 0.15) is 0 Å². The van der Waals surface area contributed by atoms with Crippen LogP contribution in [0.3, 0.4) is 0 Å². The summed E-state index contributed by atoms with van der Waals surface area (Å²) in [5, 5.41) is 0. The molecule has 138 valence electrons. The molecule has 2 N–H and O–H groups in total. The van der Waals surface area contributed by atoms with Crippen LogP contribution in [0.4, 0.5) is 14.5 Å². The summed E-state index contributed by atoms with van der Waals surface area (Å²) in [7, 11) is 0. The first-order valence-corrected chi connectivity index (χ1v) is 9.06. The van der Waals surface area contributed by atoms with Gasteiger partial charge in [-0.05, 0) is 49.9 Å². The van der Waals surface area contributed by atoms with Gasteiger partial charge in [0.2, 0.25) is 5.91 Å². The van der Waals surface area contributed by atoms with Crippen LogP contribution in [0.1, 0.15) is 49.3 Å². The minimum atomic E-state index is -2.52. The summed E-state index contributed by atoms with van der Waals surface area (Å²) in [6.45, 7) is 6.77. The van der Waals surface area contributed by atoms with Crippen molar-refractivity contribution in [1.29, 1.82) is 0 Å². The Labute approximate surface area is 148 Å². The minimum absolute atomic E-state index is 0.0232. The first-order valence-electron chi connectivity index (χ1n) is 9.06. The van der Waals surface area contributed by atoms with Crippen LogP contribution >= 0.6 is 0 Å². The van der Waals surface area contributed by atoms with Crippen LogP contribution in [-0.2, 0) is 11.3 Å². The standard InChI is InChI=1S/C19H27F2N3O/c1-12-10-23(6-7-24(12)19(25)14-4-3-5-14)11-16-8-15(18(20)21)9-17(22)13(16)2/h8-9,12,14,18H,3-7,10-11,22H2,1-2H3/t12-/m0/s1. The highest BCUT2D eigenvalue weighted by Crippen LogP contribution is 2.30. The predicted octanol–water partition coefficient (Wildman–Crippen LogP) is 3.35. The minimum Gasteiger partial charge on any atom is -0.398 e. The van der Waals surface area contributed by atoms with Crippen molar-refractivity contribution in [2.45, 2.75) is 52.1 Å². The Morgan fingerprint density at radius 2 is 2.04 bits per heavy atom. The number of nitrogen functional groups attached to an aromatic ring is 1. The number of halogens is 2. The van der Waals surface area contributed by atoms with Crippen LogP contribution in [0.15, 0.2) is 12.1 Å². The Balaban J connectivity index is 1.66. The number of carbonyl (C=O) groups excluding carboxylic acids is 1. The smallest absolute Gasteiger partial charge is 0.263 e. The Hall–Kier alpha value is -1.69.